The van der Waals surface area contributed by atoms with Crippen molar-refractivity contribution in [1.29, 1.82) is 0 Å². The van der Waals surface area contributed by atoms with Gasteiger partial charge in [0.05, 0.1) is 11.6 Å². The molecule has 0 aromatic carbocycles. The van der Waals surface area contributed by atoms with Crippen LogP contribution in [0.2, 0.25) is 10.2 Å². The summed E-state index contributed by atoms with van der Waals surface area (Å²) < 4.78 is 10.6. The van der Waals surface area contributed by atoms with Crippen molar-refractivity contribution in [3.63, 3.8) is 0 Å². The van der Waals surface area contributed by atoms with E-state index in [0.29, 0.717) is 5.76 Å². The predicted octanol–water partition coefficient (Wildman–Crippen LogP) is 3.41. The van der Waals surface area contributed by atoms with Gasteiger partial charge in [0.1, 0.15) is 28.4 Å². The second-order valence-corrected chi connectivity index (χ2v) is 5.19. The zero-order chi connectivity index (χ0) is 15.4. The lowest BCUT2D eigenvalue weighted by molar-refractivity contribution is 0.0877. The number of methoxy groups -OCH3 is 1. The second kappa shape index (κ2) is 6.93. The maximum Gasteiger partial charge on any atom is 0.272 e. The van der Waals surface area contributed by atoms with Gasteiger partial charge in [-0.2, -0.15) is 0 Å². The van der Waals surface area contributed by atoms with Crippen molar-refractivity contribution in [1.82, 2.24) is 10.3 Å². The maximum atomic E-state index is 12.3. The van der Waals surface area contributed by atoms with Crippen molar-refractivity contribution in [2.75, 3.05) is 13.7 Å². The van der Waals surface area contributed by atoms with Gasteiger partial charge in [0, 0.05) is 7.11 Å². The summed E-state index contributed by atoms with van der Waals surface area (Å²) in [5.41, 5.74) is 0.0635. The number of furan rings is 1. The second-order valence-electron chi connectivity index (χ2n) is 4.39. The SMILES string of the molecule is COC[C@@H](NC(=O)c1nc(Cl)ccc1Cl)c1ccc(C)o1. The fourth-order valence-electron chi connectivity index (χ4n) is 1.81. The lowest BCUT2D eigenvalue weighted by Gasteiger charge is -2.16. The summed E-state index contributed by atoms with van der Waals surface area (Å²) >= 11 is 11.8. The van der Waals surface area contributed by atoms with Crippen LogP contribution in [-0.2, 0) is 4.74 Å². The van der Waals surface area contributed by atoms with Gasteiger partial charge in [0.15, 0.2) is 0 Å². The highest BCUT2D eigenvalue weighted by atomic mass is 35.5. The summed E-state index contributed by atoms with van der Waals surface area (Å²) in [7, 11) is 1.54. The number of aromatic nitrogens is 1. The molecule has 0 saturated heterocycles. The number of carbonyl (C=O) groups excluding carboxylic acids is 1. The van der Waals surface area contributed by atoms with Crippen LogP contribution in [0.4, 0.5) is 0 Å². The molecule has 2 rings (SSSR count). The maximum absolute atomic E-state index is 12.3. The Labute approximate surface area is 132 Å². The summed E-state index contributed by atoms with van der Waals surface area (Å²) in [6, 6.07) is 6.20. The normalized spacial score (nSPS) is 12.2. The van der Waals surface area contributed by atoms with E-state index < -0.39 is 11.9 Å². The van der Waals surface area contributed by atoms with Gasteiger partial charge in [-0.1, -0.05) is 23.2 Å². The number of rotatable bonds is 5. The minimum absolute atomic E-state index is 0.0635. The summed E-state index contributed by atoms with van der Waals surface area (Å²) in [6.07, 6.45) is 0. The average molecular weight is 329 g/mol. The largest absolute Gasteiger partial charge is 0.464 e. The third-order valence-corrected chi connectivity index (χ3v) is 3.29. The molecule has 0 aliphatic heterocycles. The quantitative estimate of drug-likeness (QED) is 0.854. The van der Waals surface area contributed by atoms with E-state index in [4.69, 9.17) is 32.4 Å². The Bertz CT molecular complexity index is 643. The fourth-order valence-corrected chi connectivity index (χ4v) is 2.15. The highest BCUT2D eigenvalue weighted by molar-refractivity contribution is 6.34. The zero-order valence-corrected chi connectivity index (χ0v) is 13.0. The third-order valence-electron chi connectivity index (χ3n) is 2.77. The molecule has 1 N–H and O–H groups in total. The first-order valence-corrected chi connectivity index (χ1v) is 6.95. The molecule has 0 spiro atoms. The molecule has 0 bridgehead atoms. The monoisotopic (exact) mass is 328 g/mol. The van der Waals surface area contributed by atoms with Crippen LogP contribution in [0.5, 0.6) is 0 Å². The highest BCUT2D eigenvalue weighted by Crippen LogP contribution is 2.20. The van der Waals surface area contributed by atoms with Gasteiger partial charge >= 0.3 is 0 Å². The molecule has 1 atom stereocenters. The fraction of sp³-hybridized carbons (Fsp3) is 0.286. The van der Waals surface area contributed by atoms with Gasteiger partial charge < -0.3 is 14.5 Å². The van der Waals surface area contributed by atoms with Crippen molar-refractivity contribution in [2.45, 2.75) is 13.0 Å². The van der Waals surface area contributed by atoms with Crippen LogP contribution >= 0.6 is 23.2 Å². The Kier molecular flexibility index (Phi) is 5.22. The number of nitrogens with one attached hydrogen (secondary N) is 1. The van der Waals surface area contributed by atoms with Crippen molar-refractivity contribution < 1.29 is 13.9 Å². The molecule has 1 amide bonds. The van der Waals surface area contributed by atoms with Gasteiger partial charge in [0.25, 0.3) is 5.91 Å². The van der Waals surface area contributed by atoms with Gasteiger partial charge in [-0.05, 0) is 31.2 Å². The molecule has 0 unspecified atom stereocenters. The summed E-state index contributed by atoms with van der Waals surface area (Å²) in [4.78, 5) is 16.2. The number of hydrogen-bond acceptors (Lipinski definition) is 4. The van der Waals surface area contributed by atoms with Crippen LogP contribution in [0.15, 0.2) is 28.7 Å². The molecule has 2 aromatic rings. The van der Waals surface area contributed by atoms with Crippen LogP contribution in [0.25, 0.3) is 0 Å². The van der Waals surface area contributed by atoms with Crippen LogP contribution < -0.4 is 5.32 Å². The summed E-state index contributed by atoms with van der Waals surface area (Å²) in [6.45, 7) is 2.08. The van der Waals surface area contributed by atoms with Gasteiger partial charge in [0.2, 0.25) is 0 Å². The van der Waals surface area contributed by atoms with Crippen LogP contribution in [0.1, 0.15) is 28.1 Å². The minimum Gasteiger partial charge on any atom is -0.464 e. The van der Waals surface area contributed by atoms with Gasteiger partial charge in [-0.3, -0.25) is 4.79 Å². The zero-order valence-electron chi connectivity index (χ0n) is 11.5. The van der Waals surface area contributed by atoms with E-state index in [1.54, 1.807) is 13.2 Å². The molecule has 5 nitrogen and oxygen atoms in total. The summed E-state index contributed by atoms with van der Waals surface area (Å²) in [5, 5.41) is 3.19. The molecule has 0 fully saturated rings. The Morgan fingerprint density at radius 1 is 1.38 bits per heavy atom. The number of hydrogen-bond donors (Lipinski definition) is 1. The Morgan fingerprint density at radius 3 is 2.76 bits per heavy atom. The first-order chi connectivity index (χ1) is 10.0. The van der Waals surface area contributed by atoms with E-state index in [0.717, 1.165) is 5.76 Å². The molecular weight excluding hydrogens is 315 g/mol. The van der Waals surface area contributed by atoms with E-state index in [1.807, 2.05) is 13.0 Å². The predicted molar refractivity (Wildman–Crippen MR) is 79.8 cm³/mol. The number of halogens is 2. The van der Waals surface area contributed by atoms with Crippen molar-refractivity contribution in [3.8, 4) is 0 Å². The number of pyridine rings is 1. The molecule has 0 saturated carbocycles. The number of carbonyl (C=O) groups is 1. The first kappa shape index (κ1) is 15.8. The molecule has 2 aromatic heterocycles. The van der Waals surface area contributed by atoms with Crippen molar-refractivity contribution in [2.24, 2.45) is 0 Å². The van der Waals surface area contributed by atoms with Crippen molar-refractivity contribution in [3.05, 3.63) is 51.7 Å². The molecule has 112 valence electrons. The smallest absolute Gasteiger partial charge is 0.272 e. The van der Waals surface area contributed by atoms with E-state index in [9.17, 15) is 4.79 Å². The van der Waals surface area contributed by atoms with Gasteiger partial charge in [-0.15, -0.1) is 0 Å². The number of ether oxygens (including phenoxy) is 1. The van der Waals surface area contributed by atoms with Crippen LogP contribution in [0.3, 0.4) is 0 Å². The molecule has 21 heavy (non-hydrogen) atoms. The lowest BCUT2D eigenvalue weighted by Crippen LogP contribution is -2.31. The first-order valence-electron chi connectivity index (χ1n) is 6.19. The summed E-state index contributed by atoms with van der Waals surface area (Å²) in [5.74, 6) is 0.902. The number of aryl methyl sites for hydroxylation is 1. The number of nitrogens with zero attached hydrogens (tertiary/aromatic N) is 1. The Balaban J connectivity index is 2.20. The van der Waals surface area contributed by atoms with Crippen LogP contribution in [0, 0.1) is 6.92 Å². The molecular formula is C14H14Cl2N2O3. The molecule has 0 radical (unpaired) electrons. The average Bonchev–Trinajstić information content (AvgIpc) is 2.87. The van der Waals surface area contributed by atoms with Gasteiger partial charge in [-0.25, -0.2) is 4.98 Å². The van der Waals surface area contributed by atoms with E-state index in [1.165, 1.54) is 12.1 Å². The Hall–Kier alpha value is -1.56. The van der Waals surface area contributed by atoms with Crippen LogP contribution in [-0.4, -0.2) is 24.6 Å². The topological polar surface area (TPSA) is 64.4 Å². The molecule has 7 heteroatoms. The minimum atomic E-state index is -0.446. The van der Waals surface area contributed by atoms with E-state index in [-0.39, 0.29) is 22.5 Å². The molecule has 2 heterocycles. The highest BCUT2D eigenvalue weighted by Gasteiger charge is 2.21. The van der Waals surface area contributed by atoms with E-state index >= 15 is 0 Å². The van der Waals surface area contributed by atoms with Crippen molar-refractivity contribution >= 4 is 29.1 Å². The molecule has 0 aliphatic rings. The van der Waals surface area contributed by atoms with E-state index in [2.05, 4.69) is 10.3 Å². The molecule has 0 aliphatic carbocycles. The lowest BCUT2D eigenvalue weighted by atomic mass is 10.2. The number of amides is 1. The Morgan fingerprint density at radius 2 is 2.14 bits per heavy atom. The standard InChI is InChI=1S/C14H14Cl2N2O3/c1-8-3-5-11(21-8)10(7-20-2)17-14(19)13-9(15)4-6-12(16)18-13/h3-6,10H,7H2,1-2H3,(H,17,19)/t10-/m1/s1. The third kappa shape index (κ3) is 3.97.